The number of allylic oxidation sites excluding steroid dienone is 2. The average molecular weight is 488 g/mol. The summed E-state index contributed by atoms with van der Waals surface area (Å²) in [5, 5.41) is 1.57. The van der Waals surface area contributed by atoms with E-state index in [1.54, 1.807) is 68.7 Å². The van der Waals surface area contributed by atoms with Crippen molar-refractivity contribution in [2.75, 3.05) is 13.7 Å². The van der Waals surface area contributed by atoms with E-state index in [4.69, 9.17) is 15.2 Å². The molecule has 35 heavy (non-hydrogen) atoms. The van der Waals surface area contributed by atoms with E-state index in [2.05, 4.69) is 4.98 Å². The summed E-state index contributed by atoms with van der Waals surface area (Å²) in [6.45, 7) is 3.56. The van der Waals surface area contributed by atoms with Crippen LogP contribution >= 0.6 is 0 Å². The van der Waals surface area contributed by atoms with Crippen LogP contribution in [0.25, 0.3) is 0 Å². The Labute approximate surface area is 202 Å². The number of carbonyl (C=O) groups excluding carboxylic acids is 2. The zero-order valence-corrected chi connectivity index (χ0v) is 20.0. The topological polar surface area (TPSA) is 111 Å². The third-order valence-corrected chi connectivity index (χ3v) is 5.49. The quantitative estimate of drug-likeness (QED) is 0.243. The summed E-state index contributed by atoms with van der Waals surface area (Å²) in [5.41, 5.74) is 8.02. The lowest BCUT2D eigenvalue weighted by Gasteiger charge is -2.25. The second-order valence-corrected chi connectivity index (χ2v) is 8.34. The molecule has 186 valence electrons. The minimum absolute atomic E-state index is 0.0600. The summed E-state index contributed by atoms with van der Waals surface area (Å²) in [6, 6.07) is 9.58. The zero-order valence-electron chi connectivity index (χ0n) is 20.0. The van der Waals surface area contributed by atoms with Crippen molar-refractivity contribution in [2.45, 2.75) is 39.3 Å². The molecular formula is C25H29F2N4O4+. The fraction of sp³-hybridized carbons (Fsp3) is 0.320. The van der Waals surface area contributed by atoms with Gasteiger partial charge in [-0.2, -0.15) is 0 Å². The van der Waals surface area contributed by atoms with Crippen LogP contribution in [-0.4, -0.2) is 47.4 Å². The Bertz CT molecular complexity index is 1160. The SMILES string of the molecule is C[NH2+]/C(OCC(C)(F)F)=C(C)\C=C(/N)C(C)N1Cc2c(ccnc2C(=O)Oc2ccccc2)C1=O. The van der Waals surface area contributed by atoms with Gasteiger partial charge in [-0.15, -0.1) is 0 Å². The Morgan fingerprint density at radius 3 is 2.63 bits per heavy atom. The maximum Gasteiger partial charge on any atom is 0.362 e. The minimum Gasteiger partial charge on any atom is -0.445 e. The van der Waals surface area contributed by atoms with Gasteiger partial charge in [-0.3, -0.25) is 10.1 Å². The van der Waals surface area contributed by atoms with Crippen molar-refractivity contribution in [3.05, 3.63) is 82.6 Å². The van der Waals surface area contributed by atoms with E-state index in [-0.39, 0.29) is 24.0 Å². The molecule has 8 nitrogen and oxygen atoms in total. The number of para-hydroxylation sites is 1. The molecule has 2 heterocycles. The number of nitrogens with zero attached hydrogens (tertiary/aromatic N) is 2. The van der Waals surface area contributed by atoms with Crippen molar-refractivity contribution in [3.8, 4) is 5.75 Å². The Morgan fingerprint density at radius 2 is 2.00 bits per heavy atom. The number of aromatic nitrogens is 1. The molecule has 1 aliphatic rings. The number of amides is 1. The van der Waals surface area contributed by atoms with Crippen molar-refractivity contribution in [1.29, 1.82) is 0 Å². The number of fused-ring (bicyclic) bond motifs is 1. The molecule has 4 N–H and O–H groups in total. The van der Waals surface area contributed by atoms with Gasteiger partial charge in [-0.1, -0.05) is 18.2 Å². The van der Waals surface area contributed by atoms with Gasteiger partial charge in [0.05, 0.1) is 18.7 Å². The molecule has 0 bridgehead atoms. The molecule has 1 aromatic carbocycles. The second kappa shape index (κ2) is 10.6. The van der Waals surface area contributed by atoms with E-state index in [1.807, 2.05) is 0 Å². The molecule has 1 aromatic heterocycles. The lowest BCUT2D eigenvalue weighted by atomic mass is 10.1. The molecular weight excluding hydrogens is 458 g/mol. The molecule has 0 radical (unpaired) electrons. The number of alkyl halides is 2. The number of quaternary nitrogens is 1. The van der Waals surface area contributed by atoms with Crippen molar-refractivity contribution < 1.29 is 33.2 Å². The summed E-state index contributed by atoms with van der Waals surface area (Å²) < 4.78 is 37.0. The molecule has 2 aromatic rings. The third kappa shape index (κ3) is 6.21. The van der Waals surface area contributed by atoms with Crippen molar-refractivity contribution in [3.63, 3.8) is 0 Å². The summed E-state index contributed by atoms with van der Waals surface area (Å²) >= 11 is 0. The van der Waals surface area contributed by atoms with Gasteiger partial charge in [0.1, 0.15) is 5.75 Å². The summed E-state index contributed by atoms with van der Waals surface area (Å²) in [5.74, 6) is -3.30. The molecule has 0 saturated carbocycles. The monoisotopic (exact) mass is 487 g/mol. The van der Waals surface area contributed by atoms with Crippen LogP contribution in [0.3, 0.4) is 0 Å². The molecule has 1 atom stereocenters. The number of halogens is 2. The molecule has 1 unspecified atom stereocenters. The molecule has 3 rings (SSSR count). The Hall–Kier alpha value is -3.79. The van der Waals surface area contributed by atoms with E-state index < -0.39 is 24.5 Å². The first-order chi connectivity index (χ1) is 16.5. The minimum atomic E-state index is -2.97. The Morgan fingerprint density at radius 1 is 1.31 bits per heavy atom. The lowest BCUT2D eigenvalue weighted by Crippen LogP contribution is -2.78. The predicted molar refractivity (Wildman–Crippen MR) is 124 cm³/mol. The van der Waals surface area contributed by atoms with Crippen molar-refractivity contribution >= 4 is 11.9 Å². The summed E-state index contributed by atoms with van der Waals surface area (Å²) in [6.07, 6.45) is 2.98. The van der Waals surface area contributed by atoms with E-state index >= 15 is 0 Å². The highest BCUT2D eigenvalue weighted by Gasteiger charge is 2.35. The number of nitrogens with two attached hydrogens (primary N) is 2. The first kappa shape index (κ1) is 25.8. The number of hydrogen-bond donors (Lipinski definition) is 2. The van der Waals surface area contributed by atoms with Gasteiger partial charge in [0, 0.05) is 36.5 Å². The third-order valence-electron chi connectivity index (χ3n) is 5.49. The van der Waals surface area contributed by atoms with E-state index in [1.165, 1.54) is 11.1 Å². The van der Waals surface area contributed by atoms with Gasteiger partial charge in [0.25, 0.3) is 17.7 Å². The van der Waals surface area contributed by atoms with Gasteiger partial charge in [0.15, 0.2) is 12.3 Å². The summed E-state index contributed by atoms with van der Waals surface area (Å²) in [4.78, 5) is 31.5. The van der Waals surface area contributed by atoms with Crippen LogP contribution < -0.4 is 15.8 Å². The van der Waals surface area contributed by atoms with Crippen molar-refractivity contribution in [2.24, 2.45) is 5.73 Å². The molecule has 0 fully saturated rings. The Kier molecular flexibility index (Phi) is 7.85. The van der Waals surface area contributed by atoms with Crippen LogP contribution in [0.5, 0.6) is 5.75 Å². The van der Waals surface area contributed by atoms with Gasteiger partial charge in [-0.05, 0) is 38.1 Å². The van der Waals surface area contributed by atoms with Crippen LogP contribution in [0.15, 0.2) is 65.8 Å². The highest BCUT2D eigenvalue weighted by Crippen LogP contribution is 2.29. The fourth-order valence-corrected chi connectivity index (χ4v) is 3.63. The number of benzene rings is 1. The van der Waals surface area contributed by atoms with Crippen LogP contribution in [0.2, 0.25) is 0 Å². The highest BCUT2D eigenvalue weighted by molar-refractivity contribution is 6.02. The number of hydrogen-bond acceptors (Lipinski definition) is 6. The largest absolute Gasteiger partial charge is 0.445 e. The Balaban J connectivity index is 1.80. The first-order valence-electron chi connectivity index (χ1n) is 11.1. The number of pyridine rings is 1. The van der Waals surface area contributed by atoms with Crippen LogP contribution in [0.1, 0.15) is 47.2 Å². The number of ether oxygens (including phenoxy) is 2. The van der Waals surface area contributed by atoms with Crippen LogP contribution in [0, 0.1) is 0 Å². The van der Waals surface area contributed by atoms with Gasteiger partial charge in [-0.25, -0.2) is 18.6 Å². The smallest absolute Gasteiger partial charge is 0.362 e. The number of carbonyl (C=O) groups is 2. The fourth-order valence-electron chi connectivity index (χ4n) is 3.63. The maximum absolute atomic E-state index is 13.2. The molecule has 1 amide bonds. The number of esters is 1. The maximum atomic E-state index is 13.2. The number of rotatable bonds is 9. The van der Waals surface area contributed by atoms with E-state index in [9.17, 15) is 18.4 Å². The zero-order chi connectivity index (χ0) is 25.8. The lowest BCUT2D eigenvalue weighted by molar-refractivity contribution is -0.607. The molecule has 10 heteroatoms. The molecule has 0 spiro atoms. The van der Waals surface area contributed by atoms with Gasteiger partial charge in [0.2, 0.25) is 0 Å². The first-order valence-corrected chi connectivity index (χ1v) is 11.1. The second-order valence-electron chi connectivity index (χ2n) is 8.34. The molecule has 0 aliphatic carbocycles. The predicted octanol–water partition coefficient (Wildman–Crippen LogP) is 2.58. The van der Waals surface area contributed by atoms with Gasteiger partial charge >= 0.3 is 5.97 Å². The van der Waals surface area contributed by atoms with Crippen LogP contribution in [0.4, 0.5) is 8.78 Å². The van der Waals surface area contributed by atoms with E-state index in [0.717, 1.165) is 6.92 Å². The summed E-state index contributed by atoms with van der Waals surface area (Å²) in [7, 11) is 1.67. The normalized spacial score (nSPS) is 15.4. The van der Waals surface area contributed by atoms with Crippen molar-refractivity contribution in [1.82, 2.24) is 9.88 Å². The van der Waals surface area contributed by atoms with Gasteiger partial charge < -0.3 is 20.1 Å². The van der Waals surface area contributed by atoms with Crippen LogP contribution in [-0.2, 0) is 11.3 Å². The molecule has 0 saturated heterocycles. The highest BCUT2D eigenvalue weighted by atomic mass is 19.3. The standard InChI is InChI=1S/C25H28F2N4O4/c1-15(22(29-4)34-14-25(3,26)27)12-20(28)16(2)31-13-19-18(23(31)32)10-11-30-21(19)24(33)35-17-8-6-5-7-9-17/h5-12,16,29H,13-14,28H2,1-4H3/p+1/b20-12-,22-15+. The molecule has 1 aliphatic heterocycles. The average Bonchev–Trinajstić information content (AvgIpc) is 3.15. The van der Waals surface area contributed by atoms with E-state index in [0.29, 0.717) is 28.1 Å².